The van der Waals surface area contributed by atoms with Gasteiger partial charge in [-0.1, -0.05) is 72.8 Å². The molecule has 6 aromatic carbocycles. The molecule has 52 heavy (non-hydrogen) atoms. The van der Waals surface area contributed by atoms with Crippen LogP contribution in [0.4, 0.5) is 34.1 Å². The van der Waals surface area contributed by atoms with Crippen LogP contribution in [-0.4, -0.2) is 29.9 Å². The normalized spacial score (nSPS) is 12.6. The summed E-state index contributed by atoms with van der Waals surface area (Å²) in [6.07, 6.45) is 7.00. The Hall–Kier alpha value is -7.26. The SMILES string of the molecule is c1ccc2c(c1)Cc1ccccc1N2c1ccc(-c2ccc(N3c4ccccc4Oc4ccccc43)cc2-c2ncncn2)c(-c2ncncn2)c1. The topological polar surface area (TPSA) is 93.1 Å². The van der Waals surface area contributed by atoms with Gasteiger partial charge in [0.05, 0.1) is 11.4 Å². The third-order valence-electron chi connectivity index (χ3n) is 9.56. The van der Waals surface area contributed by atoms with Crippen molar-refractivity contribution in [3.05, 3.63) is 170 Å². The fraction of sp³-hybridized carbons (Fsp3) is 0.0233. The van der Waals surface area contributed by atoms with E-state index < -0.39 is 0 Å². The smallest absolute Gasteiger partial charge is 0.163 e. The van der Waals surface area contributed by atoms with E-state index in [0.29, 0.717) is 11.6 Å². The molecule has 2 aromatic heterocycles. The van der Waals surface area contributed by atoms with Crippen LogP contribution in [0.5, 0.6) is 11.5 Å². The molecule has 9 nitrogen and oxygen atoms in total. The molecule has 246 valence electrons. The maximum atomic E-state index is 6.31. The van der Waals surface area contributed by atoms with Crippen molar-refractivity contribution >= 4 is 34.1 Å². The first-order valence-electron chi connectivity index (χ1n) is 17.0. The standard InChI is InChI=1S/C43H28N8O/c1-3-11-36-28(9-1)21-29-10-2-4-12-37(29)50(36)30-17-19-32(34(22-30)42-46-24-44-25-47-42)33-20-18-31(23-35(33)43-48-26-45-27-49-43)51-38-13-5-7-15-40(38)52-41-16-8-6-14-39(41)51/h1-20,22-27H,21H2. The van der Waals surface area contributed by atoms with Gasteiger partial charge in [-0.15, -0.1) is 0 Å². The van der Waals surface area contributed by atoms with E-state index in [-0.39, 0.29) is 0 Å². The van der Waals surface area contributed by atoms with Crippen molar-refractivity contribution < 1.29 is 4.74 Å². The zero-order valence-electron chi connectivity index (χ0n) is 27.7. The molecule has 0 saturated carbocycles. The van der Waals surface area contributed by atoms with Crippen LogP contribution in [0.15, 0.2) is 159 Å². The van der Waals surface area contributed by atoms with E-state index in [1.54, 1.807) is 0 Å². The Labute approximate surface area is 299 Å². The number of ether oxygens (including phenoxy) is 1. The largest absolute Gasteiger partial charge is 0.453 e. The lowest BCUT2D eigenvalue weighted by atomic mass is 9.91. The molecule has 0 saturated heterocycles. The molecule has 0 amide bonds. The maximum absolute atomic E-state index is 6.31. The van der Waals surface area contributed by atoms with Gasteiger partial charge in [-0.3, -0.25) is 0 Å². The molecular weight excluding hydrogens is 645 g/mol. The van der Waals surface area contributed by atoms with E-state index in [1.807, 2.05) is 36.4 Å². The highest BCUT2D eigenvalue weighted by molar-refractivity contribution is 5.95. The van der Waals surface area contributed by atoms with Gasteiger partial charge in [0.15, 0.2) is 23.1 Å². The van der Waals surface area contributed by atoms with Crippen LogP contribution in [0, 0.1) is 0 Å². The van der Waals surface area contributed by atoms with Crippen molar-refractivity contribution in [2.75, 3.05) is 9.80 Å². The summed E-state index contributed by atoms with van der Waals surface area (Å²) < 4.78 is 6.31. The molecule has 4 heterocycles. The zero-order valence-corrected chi connectivity index (χ0v) is 27.7. The van der Waals surface area contributed by atoms with Crippen molar-refractivity contribution in [2.45, 2.75) is 6.42 Å². The summed E-state index contributed by atoms with van der Waals surface area (Å²) in [5.74, 6) is 2.67. The third kappa shape index (κ3) is 4.94. The van der Waals surface area contributed by atoms with Gasteiger partial charge >= 0.3 is 0 Å². The molecule has 9 heteroatoms. The molecule has 0 bridgehead atoms. The summed E-state index contributed by atoms with van der Waals surface area (Å²) in [6.45, 7) is 0. The van der Waals surface area contributed by atoms with Gasteiger partial charge in [-0.05, 0) is 82.9 Å². The Balaban J connectivity index is 1.18. The first kappa shape index (κ1) is 29.6. The zero-order chi connectivity index (χ0) is 34.4. The number of para-hydroxylation sites is 6. The first-order chi connectivity index (χ1) is 25.8. The monoisotopic (exact) mass is 672 g/mol. The van der Waals surface area contributed by atoms with Crippen LogP contribution < -0.4 is 14.5 Å². The predicted molar refractivity (Wildman–Crippen MR) is 202 cm³/mol. The molecule has 2 aliphatic heterocycles. The highest BCUT2D eigenvalue weighted by Gasteiger charge is 2.28. The second kappa shape index (κ2) is 12.3. The Bertz CT molecular complexity index is 2340. The quantitative estimate of drug-likeness (QED) is 0.177. The number of hydrogen-bond donors (Lipinski definition) is 0. The van der Waals surface area contributed by atoms with Crippen LogP contribution in [0.2, 0.25) is 0 Å². The van der Waals surface area contributed by atoms with Gasteiger partial charge in [-0.25, -0.2) is 29.9 Å². The average Bonchev–Trinajstić information content (AvgIpc) is 3.22. The lowest BCUT2D eigenvalue weighted by molar-refractivity contribution is 0.477. The van der Waals surface area contributed by atoms with Gasteiger partial charge in [0.1, 0.15) is 25.3 Å². The Morgan fingerprint density at radius 1 is 0.404 bits per heavy atom. The molecule has 0 aliphatic carbocycles. The minimum Gasteiger partial charge on any atom is -0.453 e. The lowest BCUT2D eigenvalue weighted by Gasteiger charge is -2.34. The van der Waals surface area contributed by atoms with Crippen molar-refractivity contribution in [3.63, 3.8) is 0 Å². The van der Waals surface area contributed by atoms with Gasteiger partial charge in [0.25, 0.3) is 0 Å². The number of rotatable bonds is 5. The molecule has 10 rings (SSSR count). The van der Waals surface area contributed by atoms with Crippen molar-refractivity contribution in [1.82, 2.24) is 29.9 Å². The maximum Gasteiger partial charge on any atom is 0.163 e. The fourth-order valence-corrected chi connectivity index (χ4v) is 7.29. The van der Waals surface area contributed by atoms with E-state index in [1.165, 1.54) is 36.4 Å². The Morgan fingerprint density at radius 2 is 0.808 bits per heavy atom. The third-order valence-corrected chi connectivity index (χ3v) is 9.56. The molecule has 0 atom stereocenters. The highest BCUT2D eigenvalue weighted by atomic mass is 16.5. The molecule has 0 fully saturated rings. The second-order valence-corrected chi connectivity index (χ2v) is 12.5. The number of anilines is 6. The average molecular weight is 673 g/mol. The predicted octanol–water partition coefficient (Wildman–Crippen LogP) is 10.0. The summed E-state index contributed by atoms with van der Waals surface area (Å²) in [6, 6.07) is 46.1. The number of hydrogen-bond acceptors (Lipinski definition) is 9. The van der Waals surface area contributed by atoms with Crippen LogP contribution >= 0.6 is 0 Å². The van der Waals surface area contributed by atoms with Gasteiger partial charge in [-0.2, -0.15) is 0 Å². The van der Waals surface area contributed by atoms with E-state index in [0.717, 1.165) is 74.3 Å². The highest BCUT2D eigenvalue weighted by Crippen LogP contribution is 2.52. The molecule has 2 aliphatic rings. The Kier molecular flexibility index (Phi) is 6.99. The van der Waals surface area contributed by atoms with Crippen LogP contribution in [-0.2, 0) is 6.42 Å². The lowest BCUT2D eigenvalue weighted by Crippen LogP contribution is -2.18. The van der Waals surface area contributed by atoms with E-state index in [4.69, 9.17) is 4.74 Å². The van der Waals surface area contributed by atoms with Gasteiger partial charge in [0, 0.05) is 40.3 Å². The second-order valence-electron chi connectivity index (χ2n) is 12.5. The number of benzene rings is 6. The molecule has 8 aromatic rings. The van der Waals surface area contributed by atoms with Crippen molar-refractivity contribution in [1.29, 1.82) is 0 Å². The molecule has 0 unspecified atom stereocenters. The van der Waals surface area contributed by atoms with E-state index in [9.17, 15) is 0 Å². The van der Waals surface area contributed by atoms with Gasteiger partial charge in [0.2, 0.25) is 0 Å². The molecule has 0 spiro atoms. The fourth-order valence-electron chi connectivity index (χ4n) is 7.29. The van der Waals surface area contributed by atoms with Crippen molar-refractivity contribution in [2.24, 2.45) is 0 Å². The van der Waals surface area contributed by atoms with Crippen LogP contribution in [0.1, 0.15) is 11.1 Å². The summed E-state index contributed by atoms with van der Waals surface area (Å²) in [5, 5.41) is 0. The minimum atomic E-state index is 0.547. The van der Waals surface area contributed by atoms with E-state index >= 15 is 0 Å². The summed E-state index contributed by atoms with van der Waals surface area (Å²) in [4.78, 5) is 31.4. The molecular formula is C43H28N8O. The summed E-state index contributed by atoms with van der Waals surface area (Å²) in [7, 11) is 0. The Morgan fingerprint density at radius 3 is 1.29 bits per heavy atom. The number of aromatic nitrogens is 6. The van der Waals surface area contributed by atoms with Crippen LogP contribution in [0.25, 0.3) is 33.9 Å². The van der Waals surface area contributed by atoms with Crippen LogP contribution in [0.3, 0.4) is 0 Å². The molecule has 0 radical (unpaired) electrons. The minimum absolute atomic E-state index is 0.547. The number of nitrogens with zero attached hydrogens (tertiary/aromatic N) is 8. The van der Waals surface area contributed by atoms with Gasteiger partial charge < -0.3 is 14.5 Å². The summed E-state index contributed by atoms with van der Waals surface area (Å²) >= 11 is 0. The first-order valence-corrected chi connectivity index (χ1v) is 17.0. The van der Waals surface area contributed by atoms with E-state index in [2.05, 4.69) is 137 Å². The van der Waals surface area contributed by atoms with Crippen molar-refractivity contribution in [3.8, 4) is 45.4 Å². The number of fused-ring (bicyclic) bond motifs is 4. The summed E-state index contributed by atoms with van der Waals surface area (Å²) in [5.41, 5.74) is 12.2. The molecule has 0 N–H and O–H groups in total.